The maximum absolute atomic E-state index is 10.7. The van der Waals surface area contributed by atoms with Crippen LogP contribution in [-0.4, -0.2) is 44.3 Å². The molecule has 1 atom stereocenters. The highest BCUT2D eigenvalue weighted by Crippen LogP contribution is 2.40. The van der Waals surface area contributed by atoms with E-state index in [-0.39, 0.29) is 11.9 Å². The van der Waals surface area contributed by atoms with Gasteiger partial charge in [0.05, 0.1) is 17.5 Å². The number of benzene rings is 1. The molecule has 0 amide bonds. The minimum absolute atomic E-state index is 0.0180. The van der Waals surface area contributed by atoms with Crippen LogP contribution < -0.4 is 4.74 Å². The minimum Gasteiger partial charge on any atom is -0.494 e. The number of hydrogen-bond donors (Lipinski definition) is 1. The molecule has 4 rings (SSSR count). The highest BCUT2D eigenvalue weighted by atomic mass is 32.1. The van der Waals surface area contributed by atoms with Gasteiger partial charge in [0, 0.05) is 0 Å². The Kier molecular flexibility index (Phi) is 4.59. The van der Waals surface area contributed by atoms with E-state index in [1.807, 2.05) is 19.1 Å². The lowest BCUT2D eigenvalue weighted by atomic mass is 10.0. The van der Waals surface area contributed by atoms with Gasteiger partial charge < -0.3 is 9.84 Å². The summed E-state index contributed by atoms with van der Waals surface area (Å²) in [6.45, 7) is 4.70. The second-order valence-electron chi connectivity index (χ2n) is 6.25. The zero-order chi connectivity index (χ0) is 17.2. The molecule has 2 aromatic heterocycles. The van der Waals surface area contributed by atoms with E-state index in [4.69, 9.17) is 4.74 Å². The molecule has 1 aliphatic rings. The molecule has 25 heavy (non-hydrogen) atoms. The highest BCUT2D eigenvalue weighted by Gasteiger charge is 2.29. The Morgan fingerprint density at radius 2 is 1.96 bits per heavy atom. The second-order valence-corrected chi connectivity index (χ2v) is 7.25. The van der Waals surface area contributed by atoms with E-state index in [0.717, 1.165) is 34.2 Å². The summed E-state index contributed by atoms with van der Waals surface area (Å²) in [6.07, 6.45) is 5.13. The maximum Gasteiger partial charge on any atom is 0.230 e. The van der Waals surface area contributed by atoms with Gasteiger partial charge in [0.25, 0.3) is 0 Å². The third-order valence-corrected chi connectivity index (χ3v) is 5.74. The van der Waals surface area contributed by atoms with Crippen molar-refractivity contribution in [2.45, 2.75) is 32.2 Å². The Morgan fingerprint density at radius 3 is 2.64 bits per heavy atom. The van der Waals surface area contributed by atoms with Crippen LogP contribution in [0.2, 0.25) is 0 Å². The smallest absolute Gasteiger partial charge is 0.230 e. The van der Waals surface area contributed by atoms with Crippen molar-refractivity contribution in [1.82, 2.24) is 19.5 Å². The number of thiazole rings is 1. The van der Waals surface area contributed by atoms with E-state index < -0.39 is 0 Å². The number of nitrogens with zero attached hydrogens (tertiary/aromatic N) is 4. The number of hydrogen-bond acceptors (Lipinski definition) is 6. The van der Waals surface area contributed by atoms with E-state index in [1.165, 1.54) is 41.4 Å². The van der Waals surface area contributed by atoms with Crippen molar-refractivity contribution in [2.24, 2.45) is 0 Å². The molecule has 3 heterocycles. The SMILES string of the molecule is CCOc1ccc(C(c2sc3ncnn3c2O)N2CCCCC2)cc1. The van der Waals surface area contributed by atoms with Gasteiger partial charge in [0.2, 0.25) is 10.8 Å². The van der Waals surface area contributed by atoms with Crippen molar-refractivity contribution in [3.8, 4) is 11.6 Å². The molecule has 1 fully saturated rings. The van der Waals surface area contributed by atoms with Crippen LogP contribution in [0, 0.1) is 0 Å². The summed E-state index contributed by atoms with van der Waals surface area (Å²) in [4.78, 5) is 8.31. The first-order valence-electron chi connectivity index (χ1n) is 8.76. The summed E-state index contributed by atoms with van der Waals surface area (Å²) in [5.74, 6) is 1.07. The van der Waals surface area contributed by atoms with E-state index in [1.54, 1.807) is 0 Å². The number of fused-ring (bicyclic) bond motifs is 1. The van der Waals surface area contributed by atoms with E-state index in [2.05, 4.69) is 27.1 Å². The molecule has 1 N–H and O–H groups in total. The van der Waals surface area contributed by atoms with Crippen molar-refractivity contribution < 1.29 is 9.84 Å². The summed E-state index contributed by atoms with van der Waals surface area (Å²) in [5, 5.41) is 14.8. The number of aromatic nitrogens is 3. The molecule has 132 valence electrons. The maximum atomic E-state index is 10.7. The first-order valence-corrected chi connectivity index (χ1v) is 9.57. The van der Waals surface area contributed by atoms with Crippen LogP contribution in [0.15, 0.2) is 30.6 Å². The van der Waals surface area contributed by atoms with Gasteiger partial charge in [-0.25, -0.2) is 4.98 Å². The molecule has 7 heteroatoms. The standard InChI is InChI=1S/C18H22N4O2S/c1-2-24-14-8-6-13(7-9-14)15(21-10-4-3-5-11-21)16-17(23)22-18(25-16)19-12-20-22/h6-9,12,15,23H,2-5,10-11H2,1H3. The van der Waals surface area contributed by atoms with Gasteiger partial charge in [-0.3, -0.25) is 4.90 Å². The zero-order valence-corrected chi connectivity index (χ0v) is 15.1. The number of aromatic hydroxyl groups is 1. The number of piperidine rings is 1. The summed E-state index contributed by atoms with van der Waals surface area (Å²) < 4.78 is 7.09. The Balaban J connectivity index is 1.75. The van der Waals surface area contributed by atoms with Gasteiger partial charge in [-0.05, 0) is 50.6 Å². The van der Waals surface area contributed by atoms with Crippen molar-refractivity contribution in [3.05, 3.63) is 41.0 Å². The summed E-state index contributed by atoms with van der Waals surface area (Å²) in [7, 11) is 0. The molecule has 0 aliphatic carbocycles. The third kappa shape index (κ3) is 3.09. The van der Waals surface area contributed by atoms with Crippen LogP contribution in [-0.2, 0) is 0 Å². The first kappa shape index (κ1) is 16.4. The lowest BCUT2D eigenvalue weighted by Gasteiger charge is -2.34. The molecule has 3 aromatic rings. The normalized spacial score (nSPS) is 17.0. The molecule has 1 aromatic carbocycles. The zero-order valence-electron chi connectivity index (χ0n) is 14.3. The van der Waals surface area contributed by atoms with Crippen molar-refractivity contribution in [1.29, 1.82) is 0 Å². The van der Waals surface area contributed by atoms with E-state index >= 15 is 0 Å². The lowest BCUT2D eigenvalue weighted by molar-refractivity contribution is 0.186. The quantitative estimate of drug-likeness (QED) is 0.757. The molecule has 0 saturated carbocycles. The van der Waals surface area contributed by atoms with Crippen molar-refractivity contribution in [2.75, 3.05) is 19.7 Å². The molecular weight excluding hydrogens is 336 g/mol. The molecule has 6 nitrogen and oxygen atoms in total. The molecule has 1 aliphatic heterocycles. The van der Waals surface area contributed by atoms with Gasteiger partial charge in [-0.2, -0.15) is 9.61 Å². The van der Waals surface area contributed by atoms with E-state index in [0.29, 0.717) is 6.61 Å². The fourth-order valence-corrected chi connectivity index (χ4v) is 4.58. The minimum atomic E-state index is 0.0180. The summed E-state index contributed by atoms with van der Waals surface area (Å²) >= 11 is 1.51. The molecule has 1 saturated heterocycles. The Labute approximate surface area is 150 Å². The van der Waals surface area contributed by atoms with Crippen LogP contribution in [0.1, 0.15) is 42.7 Å². The summed E-state index contributed by atoms with van der Waals surface area (Å²) in [6, 6.07) is 8.22. The van der Waals surface area contributed by atoms with E-state index in [9.17, 15) is 5.11 Å². The average Bonchev–Trinajstić information content (AvgIpc) is 3.22. The summed E-state index contributed by atoms with van der Waals surface area (Å²) in [5.41, 5.74) is 1.16. The van der Waals surface area contributed by atoms with Crippen LogP contribution in [0.5, 0.6) is 11.6 Å². The molecule has 1 unspecified atom stereocenters. The Bertz CT molecular complexity index is 837. The number of likely N-dealkylation sites (tertiary alicyclic amines) is 1. The van der Waals surface area contributed by atoms with Crippen molar-refractivity contribution >= 4 is 16.3 Å². The van der Waals surface area contributed by atoms with Gasteiger partial charge in [0.15, 0.2) is 0 Å². The average molecular weight is 358 g/mol. The largest absolute Gasteiger partial charge is 0.494 e. The fraction of sp³-hybridized carbons (Fsp3) is 0.444. The fourth-order valence-electron chi connectivity index (χ4n) is 3.49. The number of ether oxygens (including phenoxy) is 1. The van der Waals surface area contributed by atoms with Crippen LogP contribution >= 0.6 is 11.3 Å². The van der Waals surface area contributed by atoms with Gasteiger partial charge in [0.1, 0.15) is 12.1 Å². The third-order valence-electron chi connectivity index (χ3n) is 4.65. The Hall–Kier alpha value is -2.12. The van der Waals surface area contributed by atoms with Gasteiger partial charge in [-0.15, -0.1) is 0 Å². The molecule has 0 radical (unpaired) electrons. The molecule has 0 spiro atoms. The predicted octanol–water partition coefficient (Wildman–Crippen LogP) is 3.47. The van der Waals surface area contributed by atoms with Crippen LogP contribution in [0.4, 0.5) is 0 Å². The molecule has 0 bridgehead atoms. The lowest BCUT2D eigenvalue weighted by Crippen LogP contribution is -2.34. The molecular formula is C18H22N4O2S. The van der Waals surface area contributed by atoms with Crippen LogP contribution in [0.3, 0.4) is 0 Å². The predicted molar refractivity (Wildman–Crippen MR) is 97.4 cm³/mol. The topological polar surface area (TPSA) is 62.9 Å². The second kappa shape index (κ2) is 7.01. The van der Waals surface area contributed by atoms with Gasteiger partial charge >= 0.3 is 0 Å². The van der Waals surface area contributed by atoms with Gasteiger partial charge in [-0.1, -0.05) is 29.9 Å². The highest BCUT2D eigenvalue weighted by molar-refractivity contribution is 7.17. The number of rotatable bonds is 5. The Morgan fingerprint density at radius 1 is 1.20 bits per heavy atom. The van der Waals surface area contributed by atoms with Crippen LogP contribution in [0.25, 0.3) is 4.96 Å². The first-order chi connectivity index (χ1) is 12.3. The monoisotopic (exact) mass is 358 g/mol. The van der Waals surface area contributed by atoms with Crippen molar-refractivity contribution in [3.63, 3.8) is 0 Å².